The van der Waals surface area contributed by atoms with E-state index >= 15 is 0 Å². The Bertz CT molecular complexity index is 744. The molecule has 7 nitrogen and oxygen atoms in total. The molecule has 0 unspecified atom stereocenters. The van der Waals surface area contributed by atoms with Crippen LogP contribution in [-0.4, -0.2) is 41.8 Å². The number of rotatable bonds is 1. The first-order valence-electron chi connectivity index (χ1n) is 8.32. The predicted octanol–water partition coefficient (Wildman–Crippen LogP) is 2.29. The van der Waals surface area contributed by atoms with Gasteiger partial charge in [-0.1, -0.05) is 0 Å². The summed E-state index contributed by atoms with van der Waals surface area (Å²) in [6, 6.07) is 4.45. The third-order valence-electron chi connectivity index (χ3n) is 4.65. The van der Waals surface area contributed by atoms with Gasteiger partial charge in [-0.15, -0.1) is 0 Å². The normalized spacial score (nSPS) is 19.0. The van der Waals surface area contributed by atoms with Gasteiger partial charge in [0.15, 0.2) is 0 Å². The number of amides is 2. The number of nitrogens with zero attached hydrogens (tertiary/aromatic N) is 1. The summed E-state index contributed by atoms with van der Waals surface area (Å²) in [6.45, 7) is 6.47. The Kier molecular flexibility index (Phi) is 4.07. The fourth-order valence-corrected chi connectivity index (χ4v) is 3.51. The Labute approximate surface area is 146 Å². The summed E-state index contributed by atoms with van der Waals surface area (Å²) in [6.07, 6.45) is 0.305. The molecule has 2 aliphatic heterocycles. The lowest BCUT2D eigenvalue weighted by Crippen LogP contribution is -2.49. The Morgan fingerprint density at radius 1 is 1.24 bits per heavy atom. The van der Waals surface area contributed by atoms with Crippen LogP contribution in [0.5, 0.6) is 0 Å². The highest BCUT2D eigenvalue weighted by Gasteiger charge is 2.54. The van der Waals surface area contributed by atoms with Gasteiger partial charge in [0.2, 0.25) is 5.91 Å². The molecule has 0 radical (unpaired) electrons. The highest BCUT2D eigenvalue weighted by Crippen LogP contribution is 2.47. The number of ether oxygens (including phenoxy) is 1. The molecule has 0 aliphatic carbocycles. The molecule has 2 heterocycles. The molecule has 25 heavy (non-hydrogen) atoms. The van der Waals surface area contributed by atoms with Crippen molar-refractivity contribution >= 4 is 23.7 Å². The van der Waals surface area contributed by atoms with Crippen LogP contribution in [0, 0.1) is 0 Å². The molecule has 1 saturated heterocycles. The number of carbonyl (C=O) groups is 3. The van der Waals surface area contributed by atoms with Crippen LogP contribution in [0.4, 0.5) is 10.5 Å². The maximum Gasteiger partial charge on any atom is 0.421 e. The number of anilines is 1. The molecule has 2 N–H and O–H groups in total. The molecule has 2 amide bonds. The van der Waals surface area contributed by atoms with Gasteiger partial charge in [0.1, 0.15) is 5.60 Å². The van der Waals surface area contributed by atoms with Gasteiger partial charge in [0, 0.05) is 0 Å². The third-order valence-corrected chi connectivity index (χ3v) is 4.65. The van der Waals surface area contributed by atoms with Gasteiger partial charge in [0.25, 0.3) is 0 Å². The fraction of sp³-hybridized carbons (Fsp3) is 0.500. The molecular weight excluding hydrogens is 324 g/mol. The lowest BCUT2D eigenvalue weighted by Gasteiger charge is -2.33. The summed E-state index contributed by atoms with van der Waals surface area (Å²) in [5, 5.41) is 12.5. The standard InChI is InChI=1S/C18H22N2O5/c1-17(2,3)25-16(24)20-13-5-4-11(14(21)22)10-12(13)18(15(20)23)6-8-19-9-7-18/h4-5,10,19H,6-9H2,1-3H3,(H,21,22). The van der Waals surface area contributed by atoms with Crippen molar-refractivity contribution in [2.75, 3.05) is 18.0 Å². The fourth-order valence-electron chi connectivity index (χ4n) is 3.51. The van der Waals surface area contributed by atoms with E-state index in [0.29, 0.717) is 37.2 Å². The summed E-state index contributed by atoms with van der Waals surface area (Å²) in [5.41, 5.74) is -0.475. The van der Waals surface area contributed by atoms with Crippen LogP contribution in [0.25, 0.3) is 0 Å². The number of aromatic carboxylic acids is 1. The lowest BCUT2D eigenvalue weighted by molar-refractivity contribution is -0.123. The Balaban J connectivity index is 2.11. The van der Waals surface area contributed by atoms with E-state index in [-0.39, 0.29) is 11.5 Å². The minimum atomic E-state index is -1.06. The molecule has 1 spiro atoms. The zero-order chi connectivity index (χ0) is 18.4. The van der Waals surface area contributed by atoms with Crippen molar-refractivity contribution in [1.82, 2.24) is 5.32 Å². The van der Waals surface area contributed by atoms with Gasteiger partial charge in [-0.2, -0.15) is 0 Å². The number of benzene rings is 1. The van der Waals surface area contributed by atoms with E-state index in [1.165, 1.54) is 18.2 Å². The van der Waals surface area contributed by atoms with Crippen molar-refractivity contribution in [3.63, 3.8) is 0 Å². The largest absolute Gasteiger partial charge is 0.478 e. The maximum absolute atomic E-state index is 13.2. The van der Waals surface area contributed by atoms with E-state index in [1.54, 1.807) is 20.8 Å². The monoisotopic (exact) mass is 346 g/mol. The van der Waals surface area contributed by atoms with Gasteiger partial charge in [0.05, 0.1) is 16.7 Å². The number of carboxylic acid groups (broad SMARTS) is 1. The highest BCUT2D eigenvalue weighted by molar-refractivity contribution is 6.21. The number of imide groups is 1. The Hall–Kier alpha value is -2.41. The first kappa shape index (κ1) is 17.4. The highest BCUT2D eigenvalue weighted by atomic mass is 16.6. The van der Waals surface area contributed by atoms with Crippen molar-refractivity contribution < 1.29 is 24.2 Å². The molecule has 0 saturated carbocycles. The van der Waals surface area contributed by atoms with E-state index < -0.39 is 23.1 Å². The average Bonchev–Trinajstić information content (AvgIpc) is 2.75. The van der Waals surface area contributed by atoms with Crippen LogP contribution in [-0.2, 0) is 14.9 Å². The first-order chi connectivity index (χ1) is 11.7. The van der Waals surface area contributed by atoms with E-state index in [2.05, 4.69) is 5.32 Å². The number of hydrogen-bond acceptors (Lipinski definition) is 5. The molecule has 0 atom stereocenters. The number of hydrogen-bond donors (Lipinski definition) is 2. The van der Waals surface area contributed by atoms with Gasteiger partial charge >= 0.3 is 12.1 Å². The van der Waals surface area contributed by atoms with Crippen molar-refractivity contribution in [3.8, 4) is 0 Å². The van der Waals surface area contributed by atoms with Crippen molar-refractivity contribution in [2.45, 2.75) is 44.6 Å². The van der Waals surface area contributed by atoms with E-state index in [9.17, 15) is 19.5 Å². The zero-order valence-electron chi connectivity index (χ0n) is 14.6. The smallest absolute Gasteiger partial charge is 0.421 e. The Morgan fingerprint density at radius 3 is 2.44 bits per heavy atom. The molecule has 1 fully saturated rings. The molecule has 1 aromatic rings. The molecule has 0 aromatic heterocycles. The van der Waals surface area contributed by atoms with Crippen LogP contribution in [0.2, 0.25) is 0 Å². The summed E-state index contributed by atoms with van der Waals surface area (Å²) < 4.78 is 5.39. The zero-order valence-corrected chi connectivity index (χ0v) is 14.6. The number of carboxylic acids is 1. The third kappa shape index (κ3) is 2.89. The number of piperidine rings is 1. The number of nitrogens with one attached hydrogen (secondary N) is 1. The van der Waals surface area contributed by atoms with Crippen LogP contribution in [0.15, 0.2) is 18.2 Å². The van der Waals surface area contributed by atoms with Gasteiger partial charge in [-0.3, -0.25) is 4.79 Å². The second kappa shape index (κ2) is 5.84. The topological polar surface area (TPSA) is 95.9 Å². The lowest BCUT2D eigenvalue weighted by atomic mass is 9.74. The molecular formula is C18H22N2O5. The molecule has 1 aromatic carbocycles. The SMILES string of the molecule is CC(C)(C)OC(=O)N1C(=O)C2(CCNCC2)c2cc(C(=O)O)ccc21. The van der Waals surface area contributed by atoms with E-state index in [1.807, 2.05) is 0 Å². The minimum Gasteiger partial charge on any atom is -0.478 e. The maximum atomic E-state index is 13.2. The minimum absolute atomic E-state index is 0.107. The average molecular weight is 346 g/mol. The van der Waals surface area contributed by atoms with Crippen molar-refractivity contribution in [2.24, 2.45) is 0 Å². The quantitative estimate of drug-likeness (QED) is 0.810. The summed E-state index contributed by atoms with van der Waals surface area (Å²) >= 11 is 0. The van der Waals surface area contributed by atoms with Crippen LogP contribution < -0.4 is 10.2 Å². The molecule has 3 rings (SSSR count). The summed E-state index contributed by atoms with van der Waals surface area (Å²) in [4.78, 5) is 38.2. The number of fused-ring (bicyclic) bond motifs is 2. The molecule has 0 bridgehead atoms. The second-order valence-electron chi connectivity index (χ2n) is 7.49. The predicted molar refractivity (Wildman–Crippen MR) is 90.9 cm³/mol. The van der Waals surface area contributed by atoms with Gasteiger partial charge < -0.3 is 15.2 Å². The molecule has 7 heteroatoms. The summed E-state index contributed by atoms with van der Waals surface area (Å²) in [7, 11) is 0. The van der Waals surface area contributed by atoms with Crippen LogP contribution >= 0.6 is 0 Å². The second-order valence-corrected chi connectivity index (χ2v) is 7.49. The van der Waals surface area contributed by atoms with E-state index in [0.717, 1.165) is 4.90 Å². The van der Waals surface area contributed by atoms with Crippen molar-refractivity contribution in [3.05, 3.63) is 29.3 Å². The van der Waals surface area contributed by atoms with Gasteiger partial charge in [-0.25, -0.2) is 14.5 Å². The molecule has 134 valence electrons. The number of carbonyl (C=O) groups excluding carboxylic acids is 2. The van der Waals surface area contributed by atoms with Gasteiger partial charge in [-0.05, 0) is 70.5 Å². The van der Waals surface area contributed by atoms with Crippen LogP contribution in [0.1, 0.15) is 49.5 Å². The molecule has 2 aliphatic rings. The van der Waals surface area contributed by atoms with Crippen molar-refractivity contribution in [1.29, 1.82) is 0 Å². The van der Waals surface area contributed by atoms with Crippen LogP contribution in [0.3, 0.4) is 0 Å². The Morgan fingerprint density at radius 2 is 1.88 bits per heavy atom. The van der Waals surface area contributed by atoms with E-state index in [4.69, 9.17) is 4.74 Å². The summed E-state index contributed by atoms with van der Waals surface area (Å²) in [5.74, 6) is -1.39. The first-order valence-corrected chi connectivity index (χ1v) is 8.32.